The van der Waals surface area contributed by atoms with E-state index in [2.05, 4.69) is 26.7 Å². The van der Waals surface area contributed by atoms with Crippen LogP contribution >= 0.6 is 11.6 Å². The summed E-state index contributed by atoms with van der Waals surface area (Å²) in [6.07, 6.45) is 3.84. The van der Waals surface area contributed by atoms with E-state index >= 15 is 0 Å². The SMILES string of the molecule is CC(=O)N1CCN(C[C@@H](C(=O)N2CCN(c3ncnc4c3[C@H](C)CC4)CC2)c2ccc(Cl)cc2)CC1. The van der Waals surface area contributed by atoms with Crippen LogP contribution in [0.3, 0.4) is 0 Å². The monoisotopic (exact) mass is 510 g/mol. The summed E-state index contributed by atoms with van der Waals surface area (Å²) in [5, 5.41) is 0.667. The first-order chi connectivity index (χ1) is 17.4. The summed E-state index contributed by atoms with van der Waals surface area (Å²) in [5.74, 6) is 1.54. The predicted molar refractivity (Wildman–Crippen MR) is 140 cm³/mol. The Bertz CT molecular complexity index is 1090. The molecular weight excluding hydrogens is 476 g/mol. The van der Waals surface area contributed by atoms with Crippen LogP contribution in [0.2, 0.25) is 5.02 Å². The summed E-state index contributed by atoms with van der Waals surface area (Å²) in [5.41, 5.74) is 3.46. The number of carbonyl (C=O) groups is 2. The second kappa shape index (κ2) is 10.7. The molecular formula is C27H35ClN6O2. The van der Waals surface area contributed by atoms with E-state index in [0.29, 0.717) is 43.7 Å². The number of anilines is 1. The van der Waals surface area contributed by atoms with E-state index in [1.807, 2.05) is 34.1 Å². The third kappa shape index (κ3) is 5.20. The molecule has 0 bridgehead atoms. The number of aryl methyl sites for hydroxylation is 1. The fraction of sp³-hybridized carbons (Fsp3) is 0.556. The fourth-order valence-electron chi connectivity index (χ4n) is 5.76. The second-order valence-electron chi connectivity index (χ2n) is 10.2. The lowest BCUT2D eigenvalue weighted by Gasteiger charge is -2.40. The zero-order valence-electron chi connectivity index (χ0n) is 21.2. The van der Waals surface area contributed by atoms with Gasteiger partial charge in [0.05, 0.1) is 5.92 Å². The maximum atomic E-state index is 13.9. The molecule has 0 unspecified atom stereocenters. The van der Waals surface area contributed by atoms with Gasteiger partial charge in [0.25, 0.3) is 0 Å². The van der Waals surface area contributed by atoms with Crippen molar-refractivity contribution in [3.05, 3.63) is 52.4 Å². The molecule has 2 aliphatic heterocycles. The number of piperazine rings is 2. The van der Waals surface area contributed by atoms with Crippen molar-refractivity contribution >= 4 is 29.2 Å². The van der Waals surface area contributed by atoms with Gasteiger partial charge >= 0.3 is 0 Å². The number of benzene rings is 1. The fourth-order valence-corrected chi connectivity index (χ4v) is 5.88. The maximum absolute atomic E-state index is 13.9. The Balaban J connectivity index is 1.27. The number of halogens is 1. The number of rotatable bonds is 5. The van der Waals surface area contributed by atoms with Crippen molar-refractivity contribution in [2.75, 3.05) is 63.8 Å². The molecule has 0 saturated carbocycles. The first kappa shape index (κ1) is 25.0. The van der Waals surface area contributed by atoms with Crippen LogP contribution in [-0.2, 0) is 16.0 Å². The highest BCUT2D eigenvalue weighted by atomic mass is 35.5. The molecule has 0 N–H and O–H groups in total. The molecule has 8 nitrogen and oxygen atoms in total. The molecule has 3 heterocycles. The number of amides is 2. The smallest absolute Gasteiger partial charge is 0.231 e. The van der Waals surface area contributed by atoms with Gasteiger partial charge in [0.1, 0.15) is 12.1 Å². The van der Waals surface area contributed by atoms with Crippen molar-refractivity contribution in [1.82, 2.24) is 24.7 Å². The van der Waals surface area contributed by atoms with E-state index in [4.69, 9.17) is 11.6 Å². The van der Waals surface area contributed by atoms with E-state index in [0.717, 1.165) is 50.4 Å². The van der Waals surface area contributed by atoms with Gasteiger partial charge in [-0.15, -0.1) is 0 Å². The third-order valence-corrected chi connectivity index (χ3v) is 8.22. The number of hydrogen-bond acceptors (Lipinski definition) is 6. The van der Waals surface area contributed by atoms with Crippen molar-refractivity contribution in [3.63, 3.8) is 0 Å². The maximum Gasteiger partial charge on any atom is 0.231 e. The average Bonchev–Trinajstić information content (AvgIpc) is 3.29. The van der Waals surface area contributed by atoms with Crippen LogP contribution in [0.25, 0.3) is 0 Å². The molecule has 1 aromatic heterocycles. The predicted octanol–water partition coefficient (Wildman–Crippen LogP) is 2.78. The Labute approximate surface area is 218 Å². The Morgan fingerprint density at radius 2 is 1.64 bits per heavy atom. The number of fused-ring (bicyclic) bond motifs is 1. The largest absolute Gasteiger partial charge is 0.353 e. The minimum absolute atomic E-state index is 0.113. The van der Waals surface area contributed by atoms with Crippen molar-refractivity contribution in [3.8, 4) is 0 Å². The average molecular weight is 511 g/mol. The summed E-state index contributed by atoms with van der Waals surface area (Å²) in [6, 6.07) is 7.66. The Morgan fingerprint density at radius 3 is 2.31 bits per heavy atom. The molecule has 0 spiro atoms. The van der Waals surface area contributed by atoms with Crippen LogP contribution in [0.1, 0.15) is 48.9 Å². The summed E-state index contributed by atoms with van der Waals surface area (Å²) in [6.45, 7) is 10.4. The van der Waals surface area contributed by atoms with Gasteiger partial charge in [-0.2, -0.15) is 0 Å². The molecule has 2 saturated heterocycles. The molecule has 192 valence electrons. The highest BCUT2D eigenvalue weighted by Gasteiger charge is 2.33. The quantitative estimate of drug-likeness (QED) is 0.616. The zero-order valence-corrected chi connectivity index (χ0v) is 22.0. The summed E-state index contributed by atoms with van der Waals surface area (Å²) in [7, 11) is 0. The van der Waals surface area contributed by atoms with E-state index < -0.39 is 0 Å². The lowest BCUT2D eigenvalue weighted by atomic mass is 9.96. The van der Waals surface area contributed by atoms with E-state index in [9.17, 15) is 9.59 Å². The molecule has 9 heteroatoms. The van der Waals surface area contributed by atoms with Crippen molar-refractivity contribution < 1.29 is 9.59 Å². The molecule has 2 atom stereocenters. The van der Waals surface area contributed by atoms with Gasteiger partial charge in [0, 0.05) is 82.1 Å². The van der Waals surface area contributed by atoms with Crippen LogP contribution in [0.5, 0.6) is 0 Å². The number of carbonyl (C=O) groups excluding carboxylic acids is 2. The highest BCUT2D eigenvalue weighted by molar-refractivity contribution is 6.30. The minimum Gasteiger partial charge on any atom is -0.353 e. The molecule has 2 fully saturated rings. The zero-order chi connectivity index (χ0) is 25.2. The summed E-state index contributed by atoms with van der Waals surface area (Å²) < 4.78 is 0. The molecule has 2 aromatic rings. The number of aromatic nitrogens is 2. The van der Waals surface area contributed by atoms with E-state index in [1.165, 1.54) is 11.3 Å². The molecule has 5 rings (SSSR count). The van der Waals surface area contributed by atoms with Crippen LogP contribution < -0.4 is 4.90 Å². The standard InChI is InChI=1S/C27H35ClN6O2/c1-19-3-8-24-25(19)26(30-18-29-24)33-13-15-34(16-14-33)27(36)23(21-4-6-22(28)7-5-21)17-31-9-11-32(12-10-31)20(2)35/h4-7,18-19,23H,3,8-17H2,1-2H3/t19-,23-/m1/s1. The summed E-state index contributed by atoms with van der Waals surface area (Å²) >= 11 is 6.15. The van der Waals surface area contributed by atoms with Crippen molar-refractivity contribution in [2.45, 2.75) is 38.5 Å². The first-order valence-corrected chi connectivity index (χ1v) is 13.4. The molecule has 1 aliphatic carbocycles. The van der Waals surface area contributed by atoms with Gasteiger partial charge in [-0.25, -0.2) is 9.97 Å². The Hall–Kier alpha value is -2.71. The third-order valence-electron chi connectivity index (χ3n) is 7.97. The lowest BCUT2D eigenvalue weighted by Crippen LogP contribution is -2.53. The lowest BCUT2D eigenvalue weighted by molar-refractivity contribution is -0.135. The molecule has 0 radical (unpaired) electrons. The van der Waals surface area contributed by atoms with Gasteiger partial charge in [-0.3, -0.25) is 14.5 Å². The highest BCUT2D eigenvalue weighted by Crippen LogP contribution is 2.37. The number of hydrogen-bond donors (Lipinski definition) is 0. The molecule has 36 heavy (non-hydrogen) atoms. The topological polar surface area (TPSA) is 72.9 Å². The van der Waals surface area contributed by atoms with Crippen molar-refractivity contribution in [2.24, 2.45) is 0 Å². The molecule has 2 amide bonds. The van der Waals surface area contributed by atoms with Crippen LogP contribution in [0.4, 0.5) is 5.82 Å². The van der Waals surface area contributed by atoms with Gasteiger partial charge in [-0.1, -0.05) is 30.7 Å². The van der Waals surface area contributed by atoms with Gasteiger partial charge in [-0.05, 0) is 36.5 Å². The summed E-state index contributed by atoms with van der Waals surface area (Å²) in [4.78, 5) is 43.3. The van der Waals surface area contributed by atoms with Crippen LogP contribution in [0, 0.1) is 0 Å². The molecule has 3 aliphatic rings. The minimum atomic E-state index is -0.263. The first-order valence-electron chi connectivity index (χ1n) is 13.0. The van der Waals surface area contributed by atoms with Gasteiger partial charge in [0.2, 0.25) is 11.8 Å². The molecule has 1 aromatic carbocycles. The second-order valence-corrected chi connectivity index (χ2v) is 10.7. The Kier molecular flexibility index (Phi) is 7.44. The van der Waals surface area contributed by atoms with Crippen LogP contribution in [-0.4, -0.2) is 95.4 Å². The van der Waals surface area contributed by atoms with Crippen LogP contribution in [0.15, 0.2) is 30.6 Å². The normalized spacial score (nSPS) is 21.4. The van der Waals surface area contributed by atoms with E-state index in [-0.39, 0.29) is 17.7 Å². The van der Waals surface area contributed by atoms with E-state index in [1.54, 1.807) is 13.3 Å². The van der Waals surface area contributed by atoms with Crippen molar-refractivity contribution in [1.29, 1.82) is 0 Å². The Morgan fingerprint density at radius 1 is 0.972 bits per heavy atom. The van der Waals surface area contributed by atoms with Gasteiger partial charge < -0.3 is 14.7 Å². The number of nitrogens with zero attached hydrogens (tertiary/aromatic N) is 6. The van der Waals surface area contributed by atoms with Gasteiger partial charge in [0.15, 0.2) is 0 Å².